The second-order valence-corrected chi connectivity index (χ2v) is 12.1. The van der Waals surface area contributed by atoms with Crippen molar-refractivity contribution in [2.75, 3.05) is 37.0 Å². The van der Waals surface area contributed by atoms with Crippen LogP contribution < -0.4 is 19.9 Å². The molecule has 14 heteroatoms. The Morgan fingerprint density at radius 1 is 1.16 bits per heavy atom. The number of piperidine rings is 1. The zero-order chi connectivity index (χ0) is 31.6. The number of alkyl carbamates (subject to hydrolysis) is 1. The Hall–Kier alpha value is -5.01. The number of benzene rings is 1. The number of nitrogens with one attached hydrogen (secondary N) is 1. The Labute approximate surface area is 255 Å². The van der Waals surface area contributed by atoms with Crippen molar-refractivity contribution in [2.24, 2.45) is 0 Å². The lowest BCUT2D eigenvalue weighted by atomic mass is 9.90. The van der Waals surface area contributed by atoms with Gasteiger partial charge >= 0.3 is 11.9 Å². The first-order valence-corrected chi connectivity index (χ1v) is 14.3. The first-order valence-electron chi connectivity index (χ1n) is 14.3. The quantitative estimate of drug-likeness (QED) is 0.217. The van der Waals surface area contributed by atoms with Crippen LogP contribution >= 0.6 is 0 Å². The molecule has 0 saturated carbocycles. The summed E-state index contributed by atoms with van der Waals surface area (Å²) in [7, 11) is 3.40. The average molecular weight is 604 g/mol. The molecule has 1 N–H and O–H groups in total. The van der Waals surface area contributed by atoms with Crippen LogP contribution in [0.1, 0.15) is 46.1 Å². The van der Waals surface area contributed by atoms with Crippen LogP contribution in [0.4, 0.5) is 27.9 Å². The lowest BCUT2D eigenvalue weighted by Crippen LogP contribution is -2.54. The normalized spacial score (nSPS) is 14.7. The summed E-state index contributed by atoms with van der Waals surface area (Å²) in [5.74, 6) is 1.68. The Morgan fingerprint density at radius 3 is 2.50 bits per heavy atom. The van der Waals surface area contributed by atoms with E-state index < -0.39 is 22.2 Å². The number of pyridine rings is 1. The summed E-state index contributed by atoms with van der Waals surface area (Å²) in [4.78, 5) is 40.8. The van der Waals surface area contributed by atoms with Gasteiger partial charge in [-0.1, -0.05) is 12.1 Å². The first kappa shape index (κ1) is 30.4. The van der Waals surface area contributed by atoms with Gasteiger partial charge in [-0.2, -0.15) is 5.10 Å². The molecule has 0 aliphatic carbocycles. The van der Waals surface area contributed by atoms with E-state index in [1.165, 1.54) is 12.3 Å². The molecule has 14 nitrogen and oxygen atoms in total. The molecule has 4 heterocycles. The van der Waals surface area contributed by atoms with E-state index in [2.05, 4.69) is 15.2 Å². The fourth-order valence-corrected chi connectivity index (χ4v) is 5.05. The standard InChI is InChI=1S/C30H37N9O5/c1-29(2,3)44-28(40)34-30(4)12-15-37(16-13-30)24-18-32-25-26(33-24)38(19-20-7-9-22(43-6)10-8-20)35-27(25)36(5)21-11-14-31-23(17-21)39(41)42/h7-11,14,17-18H,12-13,15-16,19H2,1-6H3,(H,34,40). The number of carbonyl (C=O) groups excluding carboxylic acids is 1. The molecule has 1 aromatic carbocycles. The van der Waals surface area contributed by atoms with Crippen LogP contribution in [0.25, 0.3) is 11.2 Å². The van der Waals surface area contributed by atoms with Gasteiger partial charge in [0.05, 0.1) is 31.6 Å². The number of nitrogens with zero attached hydrogens (tertiary/aromatic N) is 8. The van der Waals surface area contributed by atoms with E-state index in [0.717, 1.165) is 11.3 Å². The molecule has 0 unspecified atom stereocenters. The Balaban J connectivity index is 1.44. The molecule has 0 spiro atoms. The molecule has 5 rings (SSSR count). The van der Waals surface area contributed by atoms with E-state index in [1.54, 1.807) is 36.0 Å². The van der Waals surface area contributed by atoms with Crippen molar-refractivity contribution in [3.8, 4) is 5.75 Å². The molecule has 1 fully saturated rings. The summed E-state index contributed by atoms with van der Waals surface area (Å²) in [6.45, 7) is 9.29. The molecule has 232 valence electrons. The first-order chi connectivity index (χ1) is 20.8. The lowest BCUT2D eigenvalue weighted by Gasteiger charge is -2.40. The second-order valence-electron chi connectivity index (χ2n) is 12.1. The van der Waals surface area contributed by atoms with Crippen LogP contribution in [0.3, 0.4) is 0 Å². The number of fused-ring (bicyclic) bond motifs is 1. The number of hydrogen-bond acceptors (Lipinski definition) is 11. The van der Waals surface area contributed by atoms with Crippen molar-refractivity contribution in [1.82, 2.24) is 30.0 Å². The summed E-state index contributed by atoms with van der Waals surface area (Å²) in [5.41, 5.74) is 1.68. The second kappa shape index (κ2) is 11.9. The molecule has 0 atom stereocenters. The van der Waals surface area contributed by atoms with Crippen LogP contribution in [0, 0.1) is 10.1 Å². The molecule has 1 aliphatic rings. The zero-order valence-corrected chi connectivity index (χ0v) is 25.8. The van der Waals surface area contributed by atoms with Crippen LogP contribution in [-0.4, -0.2) is 74.1 Å². The number of hydrogen-bond donors (Lipinski definition) is 1. The van der Waals surface area contributed by atoms with Crippen molar-refractivity contribution >= 4 is 40.4 Å². The van der Waals surface area contributed by atoms with Crippen LogP contribution in [0.2, 0.25) is 0 Å². The number of rotatable bonds is 8. The van der Waals surface area contributed by atoms with Gasteiger partial charge in [-0.25, -0.2) is 19.4 Å². The van der Waals surface area contributed by atoms with Gasteiger partial charge in [0.1, 0.15) is 23.4 Å². The number of methoxy groups -OCH3 is 1. The van der Waals surface area contributed by atoms with Gasteiger partial charge < -0.3 is 34.7 Å². The fraction of sp³-hybridized carbons (Fsp3) is 0.433. The van der Waals surface area contributed by atoms with Crippen molar-refractivity contribution in [3.63, 3.8) is 0 Å². The maximum Gasteiger partial charge on any atom is 0.408 e. The zero-order valence-electron chi connectivity index (χ0n) is 25.8. The molecule has 0 bridgehead atoms. The van der Waals surface area contributed by atoms with E-state index in [4.69, 9.17) is 24.5 Å². The van der Waals surface area contributed by atoms with Crippen molar-refractivity contribution < 1.29 is 19.2 Å². The lowest BCUT2D eigenvalue weighted by molar-refractivity contribution is -0.389. The fourth-order valence-electron chi connectivity index (χ4n) is 5.05. The predicted molar refractivity (Wildman–Crippen MR) is 166 cm³/mol. The maximum absolute atomic E-state index is 12.4. The smallest absolute Gasteiger partial charge is 0.408 e. The van der Waals surface area contributed by atoms with Crippen LogP contribution in [0.15, 0.2) is 48.8 Å². The van der Waals surface area contributed by atoms with E-state index in [1.807, 2.05) is 52.0 Å². The molecule has 4 aromatic rings. The summed E-state index contributed by atoms with van der Waals surface area (Å²) in [6, 6.07) is 10.8. The molecule has 44 heavy (non-hydrogen) atoms. The Bertz CT molecular complexity index is 1660. The van der Waals surface area contributed by atoms with Gasteiger partial charge in [-0.15, -0.1) is 0 Å². The number of amides is 1. The van der Waals surface area contributed by atoms with Crippen LogP contribution in [0.5, 0.6) is 5.75 Å². The van der Waals surface area contributed by atoms with Gasteiger partial charge in [0.2, 0.25) is 0 Å². The Kier molecular flexibility index (Phi) is 8.26. The number of carbonyl (C=O) groups is 1. The largest absolute Gasteiger partial charge is 0.497 e. The third kappa shape index (κ3) is 6.79. The minimum Gasteiger partial charge on any atom is -0.497 e. The summed E-state index contributed by atoms with van der Waals surface area (Å²) in [6.07, 6.45) is 4.09. The molecule has 1 aliphatic heterocycles. The minimum absolute atomic E-state index is 0.261. The van der Waals surface area contributed by atoms with E-state index in [9.17, 15) is 14.9 Å². The highest BCUT2D eigenvalue weighted by Gasteiger charge is 2.34. The van der Waals surface area contributed by atoms with Gasteiger partial charge in [-0.3, -0.25) is 0 Å². The summed E-state index contributed by atoms with van der Waals surface area (Å²) < 4.78 is 12.6. The monoisotopic (exact) mass is 603 g/mol. The highest BCUT2D eigenvalue weighted by atomic mass is 16.6. The van der Waals surface area contributed by atoms with Crippen molar-refractivity contribution in [3.05, 3.63) is 64.5 Å². The highest BCUT2D eigenvalue weighted by molar-refractivity contribution is 5.87. The maximum atomic E-state index is 12.4. The SMILES string of the molecule is COc1ccc(Cn2nc(N(C)c3ccnc([N+](=O)[O-])c3)c3ncc(N4CCC(C)(NC(=O)OC(C)(C)C)CC4)nc32)cc1. The molecule has 0 radical (unpaired) electrons. The molecule has 1 amide bonds. The molecular weight excluding hydrogens is 566 g/mol. The highest BCUT2D eigenvalue weighted by Crippen LogP contribution is 2.32. The third-order valence-corrected chi connectivity index (χ3v) is 7.52. The topological polar surface area (TPSA) is 154 Å². The number of nitro groups is 1. The van der Waals surface area contributed by atoms with Gasteiger partial charge in [0.25, 0.3) is 0 Å². The van der Waals surface area contributed by atoms with Gasteiger partial charge in [-0.05, 0) is 68.1 Å². The molecular formula is C30H37N9O5. The van der Waals surface area contributed by atoms with Crippen molar-refractivity contribution in [2.45, 2.75) is 58.2 Å². The van der Waals surface area contributed by atoms with Gasteiger partial charge in [0, 0.05) is 31.7 Å². The molecule has 3 aromatic heterocycles. The van der Waals surface area contributed by atoms with Gasteiger partial charge in [0.15, 0.2) is 17.0 Å². The number of aromatic nitrogens is 5. The van der Waals surface area contributed by atoms with E-state index >= 15 is 0 Å². The predicted octanol–water partition coefficient (Wildman–Crippen LogP) is 4.84. The minimum atomic E-state index is -0.569. The number of anilines is 3. The average Bonchev–Trinajstić information content (AvgIpc) is 3.33. The van der Waals surface area contributed by atoms with Crippen molar-refractivity contribution in [1.29, 1.82) is 0 Å². The third-order valence-electron chi connectivity index (χ3n) is 7.52. The van der Waals surface area contributed by atoms with Crippen LogP contribution in [-0.2, 0) is 11.3 Å². The molecule has 1 saturated heterocycles. The van der Waals surface area contributed by atoms with E-state index in [-0.39, 0.29) is 5.82 Å². The summed E-state index contributed by atoms with van der Waals surface area (Å²) in [5, 5.41) is 19.3. The van der Waals surface area contributed by atoms with E-state index in [0.29, 0.717) is 61.0 Å². The number of ether oxygens (including phenoxy) is 2. The summed E-state index contributed by atoms with van der Waals surface area (Å²) >= 11 is 0. The Morgan fingerprint density at radius 2 is 1.86 bits per heavy atom.